The van der Waals surface area contributed by atoms with E-state index in [0.29, 0.717) is 29.4 Å². The molecule has 0 aliphatic carbocycles. The highest BCUT2D eigenvalue weighted by molar-refractivity contribution is 6.11. The first kappa shape index (κ1) is 17.7. The average Bonchev–Trinajstić information content (AvgIpc) is 2.77. The standard InChI is InChI=1S/C20H26N6O/c1-12(2)26-8-6-14(7-9-26)22-20-21-11-15-18(25-20)23-16-5-4-13(3)10-17(16)24-19(15)27/h4-5,10-12,14H,6-9H2,1-3H3,(H,24,27)(H2,21,22,23,25). The number of aromatic nitrogens is 2. The number of rotatable bonds is 3. The maximum Gasteiger partial charge on any atom is 0.261 e. The first-order valence-corrected chi connectivity index (χ1v) is 9.56. The van der Waals surface area contributed by atoms with Crippen molar-refractivity contribution in [3.05, 3.63) is 35.5 Å². The monoisotopic (exact) mass is 366 g/mol. The molecule has 3 N–H and O–H groups in total. The Morgan fingerprint density at radius 2 is 1.96 bits per heavy atom. The molecule has 0 unspecified atom stereocenters. The van der Waals surface area contributed by atoms with Gasteiger partial charge in [-0.15, -0.1) is 0 Å². The Hall–Kier alpha value is -2.67. The van der Waals surface area contributed by atoms with E-state index in [-0.39, 0.29) is 5.91 Å². The van der Waals surface area contributed by atoms with Crippen LogP contribution < -0.4 is 16.0 Å². The molecule has 2 aromatic rings. The Labute approximate surface area is 159 Å². The van der Waals surface area contributed by atoms with Crippen molar-refractivity contribution >= 4 is 29.0 Å². The number of nitrogens with one attached hydrogen (secondary N) is 3. The molecular weight excluding hydrogens is 340 g/mol. The van der Waals surface area contributed by atoms with Crippen molar-refractivity contribution < 1.29 is 4.79 Å². The lowest BCUT2D eigenvalue weighted by molar-refractivity contribution is 0.102. The van der Waals surface area contributed by atoms with Crippen LogP contribution in [0.1, 0.15) is 42.6 Å². The van der Waals surface area contributed by atoms with E-state index >= 15 is 0 Å². The Kier molecular flexibility index (Phi) is 4.70. The van der Waals surface area contributed by atoms with Crippen molar-refractivity contribution in [1.29, 1.82) is 0 Å². The number of carbonyl (C=O) groups is 1. The quantitative estimate of drug-likeness (QED) is 0.773. The molecule has 0 spiro atoms. The van der Waals surface area contributed by atoms with Gasteiger partial charge in [0.1, 0.15) is 11.4 Å². The van der Waals surface area contributed by atoms with E-state index in [1.807, 2.05) is 25.1 Å². The highest BCUT2D eigenvalue weighted by Crippen LogP contribution is 2.31. The SMILES string of the molecule is Cc1ccc2c(c1)NC(=O)c1cnc(NC3CCN(C(C)C)CC3)nc1N2. The first-order chi connectivity index (χ1) is 13.0. The molecule has 2 aliphatic heterocycles. The molecule has 1 aromatic heterocycles. The minimum atomic E-state index is -0.196. The van der Waals surface area contributed by atoms with E-state index < -0.39 is 0 Å². The van der Waals surface area contributed by atoms with Crippen LogP contribution >= 0.6 is 0 Å². The Morgan fingerprint density at radius 1 is 1.19 bits per heavy atom. The molecule has 3 heterocycles. The molecule has 4 rings (SSSR count). The van der Waals surface area contributed by atoms with E-state index in [2.05, 4.69) is 44.7 Å². The second-order valence-corrected chi connectivity index (χ2v) is 7.63. The van der Waals surface area contributed by atoms with Crippen LogP contribution in [-0.4, -0.2) is 45.9 Å². The summed E-state index contributed by atoms with van der Waals surface area (Å²) in [5, 5.41) is 9.64. The highest BCUT2D eigenvalue weighted by Gasteiger charge is 2.24. The van der Waals surface area contributed by atoms with Gasteiger partial charge in [0.15, 0.2) is 0 Å². The number of carbonyl (C=O) groups excluding carboxylic acids is 1. The zero-order valence-corrected chi connectivity index (χ0v) is 16.0. The number of fused-ring (bicyclic) bond motifs is 2. The van der Waals surface area contributed by atoms with E-state index in [1.54, 1.807) is 6.20 Å². The van der Waals surface area contributed by atoms with Gasteiger partial charge < -0.3 is 20.9 Å². The van der Waals surface area contributed by atoms with Gasteiger partial charge in [-0.05, 0) is 51.3 Å². The van der Waals surface area contributed by atoms with Crippen LogP contribution in [0.3, 0.4) is 0 Å². The predicted molar refractivity (Wildman–Crippen MR) is 108 cm³/mol. The van der Waals surface area contributed by atoms with Crippen LogP contribution in [0.5, 0.6) is 0 Å². The highest BCUT2D eigenvalue weighted by atomic mass is 16.1. The number of likely N-dealkylation sites (tertiary alicyclic amines) is 1. The van der Waals surface area contributed by atoms with Crippen molar-refractivity contribution in [1.82, 2.24) is 14.9 Å². The number of benzene rings is 1. The second kappa shape index (κ2) is 7.15. The summed E-state index contributed by atoms with van der Waals surface area (Å²) >= 11 is 0. The number of hydrogen-bond donors (Lipinski definition) is 3. The van der Waals surface area contributed by atoms with Gasteiger partial charge in [-0.1, -0.05) is 6.07 Å². The smallest absolute Gasteiger partial charge is 0.261 e. The van der Waals surface area contributed by atoms with Crippen LogP contribution in [0.4, 0.5) is 23.1 Å². The average molecular weight is 366 g/mol. The molecule has 0 atom stereocenters. The van der Waals surface area contributed by atoms with Gasteiger partial charge in [0, 0.05) is 31.4 Å². The first-order valence-electron chi connectivity index (χ1n) is 9.56. The molecule has 0 saturated carbocycles. The molecule has 2 aliphatic rings. The summed E-state index contributed by atoms with van der Waals surface area (Å²) in [6, 6.07) is 6.85. The fourth-order valence-electron chi connectivity index (χ4n) is 3.64. The number of amides is 1. The lowest BCUT2D eigenvalue weighted by Crippen LogP contribution is -2.42. The zero-order valence-electron chi connectivity index (χ0n) is 16.0. The van der Waals surface area contributed by atoms with Gasteiger partial charge in [-0.3, -0.25) is 4.79 Å². The molecule has 0 radical (unpaired) electrons. The number of nitrogens with zero attached hydrogens (tertiary/aromatic N) is 3. The molecular formula is C20H26N6O. The van der Waals surface area contributed by atoms with Crippen LogP contribution in [0.2, 0.25) is 0 Å². The Bertz CT molecular complexity index is 858. The molecule has 1 amide bonds. The second-order valence-electron chi connectivity index (χ2n) is 7.63. The minimum absolute atomic E-state index is 0.196. The number of anilines is 4. The van der Waals surface area contributed by atoms with Crippen LogP contribution in [0, 0.1) is 6.92 Å². The number of piperidine rings is 1. The van der Waals surface area contributed by atoms with Crippen molar-refractivity contribution in [2.75, 3.05) is 29.0 Å². The normalized spacial score (nSPS) is 17.6. The van der Waals surface area contributed by atoms with Crippen molar-refractivity contribution in [2.24, 2.45) is 0 Å². The molecule has 7 heteroatoms. The van der Waals surface area contributed by atoms with Gasteiger partial charge in [0.25, 0.3) is 5.91 Å². The predicted octanol–water partition coefficient (Wildman–Crippen LogP) is 3.38. The lowest BCUT2D eigenvalue weighted by Gasteiger charge is -2.34. The van der Waals surface area contributed by atoms with Crippen molar-refractivity contribution in [3.8, 4) is 0 Å². The molecule has 1 saturated heterocycles. The Balaban J connectivity index is 1.52. The lowest BCUT2D eigenvalue weighted by atomic mass is 10.0. The van der Waals surface area contributed by atoms with Gasteiger partial charge in [0.2, 0.25) is 5.95 Å². The fourth-order valence-corrected chi connectivity index (χ4v) is 3.64. The largest absolute Gasteiger partial charge is 0.351 e. The molecule has 1 fully saturated rings. The van der Waals surface area contributed by atoms with E-state index in [0.717, 1.165) is 42.9 Å². The topological polar surface area (TPSA) is 82.2 Å². The van der Waals surface area contributed by atoms with Crippen molar-refractivity contribution in [2.45, 2.75) is 45.7 Å². The third kappa shape index (κ3) is 3.73. The molecule has 0 bridgehead atoms. The van der Waals surface area contributed by atoms with Crippen molar-refractivity contribution in [3.63, 3.8) is 0 Å². The maximum absolute atomic E-state index is 12.5. The summed E-state index contributed by atoms with van der Waals surface area (Å²) in [6.07, 6.45) is 3.72. The number of aryl methyl sites for hydroxylation is 1. The summed E-state index contributed by atoms with van der Waals surface area (Å²) in [5.74, 6) is 0.901. The van der Waals surface area contributed by atoms with Gasteiger partial charge in [-0.25, -0.2) is 4.98 Å². The van der Waals surface area contributed by atoms with Gasteiger partial charge in [-0.2, -0.15) is 4.98 Å². The summed E-state index contributed by atoms with van der Waals surface area (Å²) in [4.78, 5) is 24.0. The van der Waals surface area contributed by atoms with Crippen LogP contribution in [0.25, 0.3) is 0 Å². The summed E-state index contributed by atoms with van der Waals surface area (Å²) < 4.78 is 0. The zero-order chi connectivity index (χ0) is 19.0. The molecule has 27 heavy (non-hydrogen) atoms. The maximum atomic E-state index is 12.5. The van der Waals surface area contributed by atoms with Crippen LogP contribution in [0.15, 0.2) is 24.4 Å². The fraction of sp³-hybridized carbons (Fsp3) is 0.450. The van der Waals surface area contributed by atoms with Gasteiger partial charge >= 0.3 is 0 Å². The minimum Gasteiger partial charge on any atom is -0.351 e. The molecule has 7 nitrogen and oxygen atoms in total. The van der Waals surface area contributed by atoms with E-state index in [1.165, 1.54) is 0 Å². The Morgan fingerprint density at radius 3 is 2.70 bits per heavy atom. The number of hydrogen-bond acceptors (Lipinski definition) is 6. The summed E-state index contributed by atoms with van der Waals surface area (Å²) in [6.45, 7) is 8.62. The van der Waals surface area contributed by atoms with Crippen LogP contribution in [-0.2, 0) is 0 Å². The van der Waals surface area contributed by atoms with E-state index in [4.69, 9.17) is 0 Å². The summed E-state index contributed by atoms with van der Waals surface area (Å²) in [5.41, 5.74) is 3.13. The van der Waals surface area contributed by atoms with E-state index in [9.17, 15) is 4.79 Å². The third-order valence-electron chi connectivity index (χ3n) is 5.30. The third-order valence-corrected chi connectivity index (χ3v) is 5.30. The summed E-state index contributed by atoms with van der Waals surface area (Å²) in [7, 11) is 0. The molecule has 142 valence electrons. The molecule has 1 aromatic carbocycles. The van der Waals surface area contributed by atoms with Gasteiger partial charge in [0.05, 0.1) is 11.4 Å².